The van der Waals surface area contributed by atoms with Crippen molar-refractivity contribution >= 4 is 5.91 Å². The maximum absolute atomic E-state index is 11.9. The van der Waals surface area contributed by atoms with Crippen molar-refractivity contribution in [1.82, 2.24) is 15.1 Å². The third kappa shape index (κ3) is 4.49. The maximum atomic E-state index is 11.9. The average Bonchev–Trinajstić information content (AvgIpc) is 2.69. The van der Waals surface area contributed by atoms with Crippen LogP contribution in [0, 0.1) is 6.92 Å². The Morgan fingerprint density at radius 2 is 2.28 bits per heavy atom. The number of hydrogen-bond acceptors (Lipinski definition) is 3. The molecule has 0 saturated heterocycles. The van der Waals surface area contributed by atoms with Crippen molar-refractivity contribution < 1.29 is 9.53 Å². The van der Waals surface area contributed by atoms with Gasteiger partial charge in [0.2, 0.25) is 0 Å². The van der Waals surface area contributed by atoms with Crippen molar-refractivity contribution in [3.8, 4) is 0 Å². The predicted molar refractivity (Wildman–Crippen MR) is 70.7 cm³/mol. The minimum Gasteiger partial charge on any atom is -0.379 e. The first kappa shape index (κ1) is 14.7. The molecule has 0 saturated carbocycles. The van der Waals surface area contributed by atoms with Gasteiger partial charge < -0.3 is 10.1 Å². The lowest BCUT2D eigenvalue weighted by Gasteiger charge is -2.07. The molecule has 0 fully saturated rings. The molecule has 0 unspecified atom stereocenters. The number of rotatable bonds is 7. The zero-order valence-electron chi connectivity index (χ0n) is 11.7. The molecule has 0 radical (unpaired) electrons. The van der Waals surface area contributed by atoms with Crippen molar-refractivity contribution in [3.05, 3.63) is 17.5 Å². The van der Waals surface area contributed by atoms with Gasteiger partial charge in [-0.1, -0.05) is 0 Å². The molecule has 18 heavy (non-hydrogen) atoms. The van der Waals surface area contributed by atoms with Crippen molar-refractivity contribution in [3.63, 3.8) is 0 Å². The summed E-state index contributed by atoms with van der Waals surface area (Å²) in [7, 11) is 0. The number of aromatic nitrogens is 2. The number of carbonyl (C=O) groups excluding carboxylic acids is 1. The van der Waals surface area contributed by atoms with Crippen molar-refractivity contribution in [2.75, 3.05) is 13.2 Å². The van der Waals surface area contributed by atoms with Gasteiger partial charge in [-0.15, -0.1) is 0 Å². The van der Waals surface area contributed by atoms with Crippen LogP contribution in [-0.4, -0.2) is 34.9 Å². The predicted octanol–water partition coefficient (Wildman–Crippen LogP) is 1.76. The quantitative estimate of drug-likeness (QED) is 0.753. The molecule has 0 aliphatic carbocycles. The molecule has 1 amide bonds. The zero-order valence-corrected chi connectivity index (χ0v) is 11.7. The summed E-state index contributed by atoms with van der Waals surface area (Å²) < 4.78 is 7.18. The van der Waals surface area contributed by atoms with Crippen LogP contribution in [0.4, 0.5) is 0 Å². The molecule has 1 heterocycles. The number of hydrogen-bond donors (Lipinski definition) is 1. The summed E-state index contributed by atoms with van der Waals surface area (Å²) in [5, 5.41) is 7.13. The number of nitrogens with one attached hydrogen (secondary N) is 1. The van der Waals surface area contributed by atoms with Crippen molar-refractivity contribution in [2.24, 2.45) is 0 Å². The summed E-state index contributed by atoms with van der Waals surface area (Å²) in [5.74, 6) is -0.0586. The number of amides is 1. The molecule has 0 bridgehead atoms. The molecule has 5 heteroatoms. The van der Waals surface area contributed by atoms with Crippen LogP contribution in [0.25, 0.3) is 0 Å². The molecule has 1 aromatic rings. The Morgan fingerprint density at radius 3 is 2.83 bits per heavy atom. The fourth-order valence-electron chi connectivity index (χ4n) is 1.59. The van der Waals surface area contributed by atoms with Crippen LogP contribution < -0.4 is 5.32 Å². The second-order valence-electron chi connectivity index (χ2n) is 4.51. The highest BCUT2D eigenvalue weighted by Gasteiger charge is 2.12. The summed E-state index contributed by atoms with van der Waals surface area (Å²) in [5.41, 5.74) is 1.43. The lowest BCUT2D eigenvalue weighted by molar-refractivity contribution is 0.0757. The minimum absolute atomic E-state index is 0.0586. The highest BCUT2D eigenvalue weighted by atomic mass is 16.5. The number of carbonyl (C=O) groups is 1. The standard InChI is InChI=1S/C13H23N3O2/c1-5-16-9-12(11(4)15-16)13(17)14-7-6-8-18-10(2)3/h9-10H,5-8H2,1-4H3,(H,14,17). The first-order chi connectivity index (χ1) is 8.54. The lowest BCUT2D eigenvalue weighted by Crippen LogP contribution is -2.25. The van der Waals surface area contributed by atoms with Gasteiger partial charge in [0, 0.05) is 25.9 Å². The van der Waals surface area contributed by atoms with Gasteiger partial charge in [0.05, 0.1) is 17.4 Å². The van der Waals surface area contributed by atoms with Crippen molar-refractivity contribution in [2.45, 2.75) is 46.8 Å². The molecular formula is C13H23N3O2. The van der Waals surface area contributed by atoms with Gasteiger partial charge in [0.1, 0.15) is 0 Å². The van der Waals surface area contributed by atoms with Gasteiger partial charge in [-0.3, -0.25) is 9.48 Å². The van der Waals surface area contributed by atoms with E-state index < -0.39 is 0 Å². The van der Waals surface area contributed by atoms with Crippen LogP contribution in [0.1, 0.15) is 43.2 Å². The molecule has 0 spiro atoms. The fourth-order valence-corrected chi connectivity index (χ4v) is 1.59. The van der Waals surface area contributed by atoms with E-state index in [1.165, 1.54) is 0 Å². The summed E-state index contributed by atoms with van der Waals surface area (Å²) >= 11 is 0. The van der Waals surface area contributed by atoms with E-state index in [-0.39, 0.29) is 12.0 Å². The van der Waals surface area contributed by atoms with Crippen LogP contribution in [0.2, 0.25) is 0 Å². The van der Waals surface area contributed by atoms with Gasteiger partial charge in [0.25, 0.3) is 5.91 Å². The Kier molecular flexibility index (Phi) is 5.85. The van der Waals surface area contributed by atoms with Crippen LogP contribution >= 0.6 is 0 Å². The molecule has 1 aromatic heterocycles. The molecule has 5 nitrogen and oxygen atoms in total. The summed E-state index contributed by atoms with van der Waals surface area (Å²) in [6.07, 6.45) is 2.85. The van der Waals surface area contributed by atoms with E-state index in [0.717, 1.165) is 18.7 Å². The third-order valence-electron chi connectivity index (χ3n) is 2.57. The summed E-state index contributed by atoms with van der Waals surface area (Å²) in [4.78, 5) is 11.9. The molecule has 1 rings (SSSR count). The van der Waals surface area contributed by atoms with Gasteiger partial charge in [-0.2, -0.15) is 5.10 Å². The van der Waals surface area contributed by atoms with E-state index in [1.807, 2.05) is 27.7 Å². The second-order valence-corrected chi connectivity index (χ2v) is 4.51. The van der Waals surface area contributed by atoms with Gasteiger partial charge in [-0.05, 0) is 34.1 Å². The van der Waals surface area contributed by atoms with Crippen LogP contribution in [0.15, 0.2) is 6.20 Å². The Labute approximate surface area is 109 Å². The molecule has 0 atom stereocenters. The molecule has 0 aromatic carbocycles. The molecular weight excluding hydrogens is 230 g/mol. The number of ether oxygens (including phenoxy) is 1. The smallest absolute Gasteiger partial charge is 0.254 e. The van der Waals surface area contributed by atoms with E-state index in [4.69, 9.17) is 4.74 Å². The first-order valence-corrected chi connectivity index (χ1v) is 6.48. The normalized spacial score (nSPS) is 10.9. The molecule has 0 aliphatic heterocycles. The molecule has 0 aliphatic rings. The highest BCUT2D eigenvalue weighted by Crippen LogP contribution is 2.05. The van der Waals surface area contributed by atoms with E-state index in [2.05, 4.69) is 10.4 Å². The summed E-state index contributed by atoms with van der Waals surface area (Å²) in [6, 6.07) is 0. The van der Waals surface area contributed by atoms with Crippen LogP contribution in [-0.2, 0) is 11.3 Å². The monoisotopic (exact) mass is 253 g/mol. The Bertz CT molecular complexity index is 386. The van der Waals surface area contributed by atoms with Crippen molar-refractivity contribution in [1.29, 1.82) is 0 Å². The minimum atomic E-state index is -0.0586. The van der Waals surface area contributed by atoms with Crippen LogP contribution in [0.3, 0.4) is 0 Å². The van der Waals surface area contributed by atoms with Gasteiger partial charge >= 0.3 is 0 Å². The average molecular weight is 253 g/mol. The van der Waals surface area contributed by atoms with E-state index in [1.54, 1.807) is 10.9 Å². The number of nitrogens with zero attached hydrogens (tertiary/aromatic N) is 2. The topological polar surface area (TPSA) is 56.2 Å². The second kappa shape index (κ2) is 7.16. The maximum Gasteiger partial charge on any atom is 0.254 e. The van der Waals surface area contributed by atoms with E-state index in [9.17, 15) is 4.79 Å². The third-order valence-corrected chi connectivity index (χ3v) is 2.57. The lowest BCUT2D eigenvalue weighted by atomic mass is 10.2. The fraction of sp³-hybridized carbons (Fsp3) is 0.692. The van der Waals surface area contributed by atoms with Crippen LogP contribution in [0.5, 0.6) is 0 Å². The van der Waals surface area contributed by atoms with E-state index in [0.29, 0.717) is 18.7 Å². The highest BCUT2D eigenvalue weighted by molar-refractivity contribution is 5.94. The molecule has 102 valence electrons. The zero-order chi connectivity index (χ0) is 13.5. The number of aryl methyl sites for hydroxylation is 2. The largest absolute Gasteiger partial charge is 0.379 e. The Hall–Kier alpha value is -1.36. The Balaban J connectivity index is 2.34. The van der Waals surface area contributed by atoms with E-state index >= 15 is 0 Å². The first-order valence-electron chi connectivity index (χ1n) is 6.48. The Morgan fingerprint density at radius 1 is 1.56 bits per heavy atom. The van der Waals surface area contributed by atoms with Gasteiger partial charge in [0.15, 0.2) is 0 Å². The molecule has 1 N–H and O–H groups in total. The SMILES string of the molecule is CCn1cc(C(=O)NCCCOC(C)C)c(C)n1. The van der Waals surface area contributed by atoms with Gasteiger partial charge in [-0.25, -0.2) is 0 Å². The summed E-state index contributed by atoms with van der Waals surface area (Å²) in [6.45, 7) is 9.92.